The van der Waals surface area contributed by atoms with E-state index in [9.17, 15) is 4.79 Å². The summed E-state index contributed by atoms with van der Waals surface area (Å²) in [6, 6.07) is 17.2. The Hall–Kier alpha value is -2.96. The zero-order chi connectivity index (χ0) is 22.7. The molecule has 0 bridgehead atoms. The molecular weight excluding hydrogens is 438 g/mol. The molecule has 1 unspecified atom stereocenters. The van der Waals surface area contributed by atoms with E-state index in [1.54, 1.807) is 30.6 Å². The van der Waals surface area contributed by atoms with Gasteiger partial charge in [0.05, 0.1) is 12.7 Å². The minimum absolute atomic E-state index is 0.0265. The highest BCUT2D eigenvalue weighted by molar-refractivity contribution is 6.30. The summed E-state index contributed by atoms with van der Waals surface area (Å²) in [4.78, 5) is 23.2. The van der Waals surface area contributed by atoms with Gasteiger partial charge in [-0.05, 0) is 73.1 Å². The van der Waals surface area contributed by atoms with E-state index in [2.05, 4.69) is 16.0 Å². The number of likely N-dealkylation sites (tertiary alicyclic amines) is 1. The molecule has 0 saturated carbocycles. The fraction of sp³-hybridized carbons (Fsp3) is 0.346. The molecule has 0 radical (unpaired) electrons. The van der Waals surface area contributed by atoms with Crippen LogP contribution in [0.15, 0.2) is 67.0 Å². The lowest BCUT2D eigenvalue weighted by Crippen LogP contribution is -2.43. The maximum Gasteiger partial charge on any atom is 0.321 e. The molecule has 2 aliphatic rings. The Morgan fingerprint density at radius 3 is 2.67 bits per heavy atom. The number of hydrogen-bond acceptors (Lipinski definition) is 5. The molecule has 170 valence electrons. The van der Waals surface area contributed by atoms with Gasteiger partial charge in [0.1, 0.15) is 5.75 Å². The SMILES string of the molecule is O=C(c1cccc(Oc2ncccn2)c1)N1CCC2(CC1)COC(Cc1cccc(Cl)c1)C2. The summed E-state index contributed by atoms with van der Waals surface area (Å²) in [7, 11) is 0. The average molecular weight is 464 g/mol. The summed E-state index contributed by atoms with van der Waals surface area (Å²) < 4.78 is 11.9. The molecule has 2 fully saturated rings. The van der Waals surface area contributed by atoms with Gasteiger partial charge < -0.3 is 14.4 Å². The van der Waals surface area contributed by atoms with Gasteiger partial charge in [0, 0.05) is 36.1 Å². The Labute approximate surface area is 198 Å². The van der Waals surface area contributed by atoms with Gasteiger partial charge in [0.25, 0.3) is 5.91 Å². The van der Waals surface area contributed by atoms with Gasteiger partial charge in [-0.3, -0.25) is 4.79 Å². The molecule has 6 nitrogen and oxygen atoms in total. The number of piperidine rings is 1. The third-order valence-corrected chi connectivity index (χ3v) is 6.82. The lowest BCUT2D eigenvalue weighted by atomic mass is 9.76. The van der Waals surface area contributed by atoms with Crippen molar-refractivity contribution in [2.24, 2.45) is 5.41 Å². The Kier molecular flexibility index (Phi) is 6.29. The fourth-order valence-corrected chi connectivity index (χ4v) is 5.02. The van der Waals surface area contributed by atoms with Crippen molar-refractivity contribution in [1.82, 2.24) is 14.9 Å². The molecule has 0 N–H and O–H groups in total. The van der Waals surface area contributed by atoms with Crippen LogP contribution in [0.1, 0.15) is 35.2 Å². The number of halogens is 1. The zero-order valence-electron chi connectivity index (χ0n) is 18.3. The number of hydrogen-bond donors (Lipinski definition) is 0. The van der Waals surface area contributed by atoms with E-state index in [0.29, 0.717) is 11.3 Å². The first-order valence-corrected chi connectivity index (χ1v) is 11.7. The summed E-state index contributed by atoms with van der Waals surface area (Å²) in [5.74, 6) is 0.576. The van der Waals surface area contributed by atoms with Crippen LogP contribution < -0.4 is 4.74 Å². The van der Waals surface area contributed by atoms with E-state index in [-0.39, 0.29) is 23.4 Å². The summed E-state index contributed by atoms with van der Waals surface area (Å²) in [5.41, 5.74) is 1.98. The number of aromatic nitrogens is 2. The van der Waals surface area contributed by atoms with Gasteiger partial charge in [0.15, 0.2) is 0 Å². The number of nitrogens with zero attached hydrogens (tertiary/aromatic N) is 3. The van der Waals surface area contributed by atoms with E-state index in [1.165, 1.54) is 5.56 Å². The Balaban J connectivity index is 1.17. The molecule has 5 rings (SSSR count). The molecule has 3 aromatic rings. The Morgan fingerprint density at radius 2 is 1.88 bits per heavy atom. The zero-order valence-corrected chi connectivity index (χ0v) is 19.1. The predicted octanol–water partition coefficient (Wildman–Crippen LogP) is 5.18. The van der Waals surface area contributed by atoms with E-state index >= 15 is 0 Å². The van der Waals surface area contributed by atoms with Crippen molar-refractivity contribution in [2.75, 3.05) is 19.7 Å². The van der Waals surface area contributed by atoms with Crippen LogP contribution in [0.5, 0.6) is 11.8 Å². The van der Waals surface area contributed by atoms with Crippen LogP contribution in [0.25, 0.3) is 0 Å². The predicted molar refractivity (Wildman–Crippen MR) is 126 cm³/mol. The molecule has 7 heteroatoms. The normalized spacial score (nSPS) is 19.5. The van der Waals surface area contributed by atoms with Crippen LogP contribution in [0.3, 0.4) is 0 Å². The van der Waals surface area contributed by atoms with Crippen LogP contribution in [-0.2, 0) is 11.2 Å². The lowest BCUT2D eigenvalue weighted by Gasteiger charge is -2.38. The standard InChI is InChI=1S/C26H26ClN3O3/c27-21-6-1-4-19(14-21)15-23-17-26(18-32-23)8-12-30(13-9-26)24(31)20-5-2-7-22(16-20)33-25-28-10-3-11-29-25/h1-7,10-11,14,16,23H,8-9,12-13,15,17-18H2. The van der Waals surface area contributed by atoms with Crippen molar-refractivity contribution in [3.63, 3.8) is 0 Å². The first-order valence-electron chi connectivity index (χ1n) is 11.3. The number of rotatable bonds is 5. The Morgan fingerprint density at radius 1 is 1.09 bits per heavy atom. The second-order valence-corrected chi connectivity index (χ2v) is 9.36. The van der Waals surface area contributed by atoms with E-state index in [0.717, 1.165) is 50.4 Å². The van der Waals surface area contributed by atoms with Crippen molar-refractivity contribution in [3.05, 3.63) is 83.1 Å². The highest BCUT2D eigenvalue weighted by Gasteiger charge is 2.43. The van der Waals surface area contributed by atoms with Gasteiger partial charge in [-0.2, -0.15) is 0 Å². The van der Waals surface area contributed by atoms with Gasteiger partial charge in [0.2, 0.25) is 0 Å². The van der Waals surface area contributed by atoms with Crippen molar-refractivity contribution >= 4 is 17.5 Å². The third-order valence-electron chi connectivity index (χ3n) is 6.58. The first kappa shape index (κ1) is 21.9. The molecule has 2 aliphatic heterocycles. The molecule has 1 aromatic heterocycles. The smallest absolute Gasteiger partial charge is 0.321 e. The summed E-state index contributed by atoms with van der Waals surface area (Å²) in [6.45, 7) is 2.23. The fourth-order valence-electron chi connectivity index (χ4n) is 4.80. The minimum Gasteiger partial charge on any atom is -0.424 e. The highest BCUT2D eigenvalue weighted by Crippen LogP contribution is 2.43. The third kappa shape index (κ3) is 5.18. The molecule has 3 heterocycles. The van der Waals surface area contributed by atoms with E-state index in [1.807, 2.05) is 35.2 Å². The Bertz CT molecular complexity index is 1120. The first-order chi connectivity index (χ1) is 16.1. The van der Waals surface area contributed by atoms with Crippen molar-refractivity contribution in [3.8, 4) is 11.8 Å². The minimum atomic E-state index is 0.0265. The molecule has 1 amide bonds. The average Bonchev–Trinajstić information content (AvgIpc) is 3.21. The van der Waals surface area contributed by atoms with Crippen LogP contribution in [0.2, 0.25) is 5.02 Å². The van der Waals surface area contributed by atoms with Gasteiger partial charge in [-0.1, -0.05) is 29.8 Å². The maximum atomic E-state index is 13.1. The van der Waals surface area contributed by atoms with E-state index < -0.39 is 0 Å². The van der Waals surface area contributed by atoms with Crippen LogP contribution in [0.4, 0.5) is 0 Å². The number of ether oxygens (including phenoxy) is 2. The summed E-state index contributed by atoms with van der Waals surface area (Å²) in [5, 5.41) is 0.762. The van der Waals surface area contributed by atoms with Crippen LogP contribution in [0, 0.1) is 5.41 Å². The molecule has 0 aliphatic carbocycles. The molecule has 33 heavy (non-hydrogen) atoms. The summed E-state index contributed by atoms with van der Waals surface area (Å²) >= 11 is 6.13. The van der Waals surface area contributed by atoms with Crippen molar-refractivity contribution in [2.45, 2.75) is 31.8 Å². The lowest BCUT2D eigenvalue weighted by molar-refractivity contribution is 0.0496. The second kappa shape index (κ2) is 9.49. The quantitative estimate of drug-likeness (QED) is 0.522. The maximum absolute atomic E-state index is 13.1. The molecule has 1 spiro atoms. The van der Waals surface area contributed by atoms with Crippen LogP contribution in [-0.4, -0.2) is 46.6 Å². The van der Waals surface area contributed by atoms with Crippen molar-refractivity contribution in [1.29, 1.82) is 0 Å². The van der Waals surface area contributed by atoms with Crippen LogP contribution >= 0.6 is 11.6 Å². The number of carbonyl (C=O) groups excluding carboxylic acids is 1. The largest absolute Gasteiger partial charge is 0.424 e. The number of carbonyl (C=O) groups is 1. The van der Waals surface area contributed by atoms with Gasteiger partial charge in [-0.15, -0.1) is 0 Å². The van der Waals surface area contributed by atoms with Gasteiger partial charge in [-0.25, -0.2) is 9.97 Å². The molecule has 2 aromatic carbocycles. The number of benzene rings is 2. The highest BCUT2D eigenvalue weighted by atomic mass is 35.5. The molecular formula is C26H26ClN3O3. The van der Waals surface area contributed by atoms with Crippen molar-refractivity contribution < 1.29 is 14.3 Å². The monoisotopic (exact) mass is 463 g/mol. The molecule has 2 saturated heterocycles. The summed E-state index contributed by atoms with van der Waals surface area (Å²) in [6.07, 6.45) is 7.27. The second-order valence-electron chi connectivity index (χ2n) is 8.92. The van der Waals surface area contributed by atoms with Gasteiger partial charge >= 0.3 is 6.01 Å². The number of amides is 1. The molecule has 1 atom stereocenters. The van der Waals surface area contributed by atoms with E-state index in [4.69, 9.17) is 21.1 Å². The topological polar surface area (TPSA) is 64.5 Å².